The fourth-order valence-corrected chi connectivity index (χ4v) is 5.93. The number of aromatic nitrogens is 3. The smallest absolute Gasteiger partial charge is 0.306 e. The highest BCUT2D eigenvalue weighted by atomic mass is 35.5. The van der Waals surface area contributed by atoms with Crippen molar-refractivity contribution in [2.45, 2.75) is 31.7 Å². The van der Waals surface area contributed by atoms with Crippen LogP contribution in [0.2, 0.25) is 10.0 Å². The molecule has 1 fully saturated rings. The lowest BCUT2D eigenvalue weighted by Crippen LogP contribution is -2.42. The van der Waals surface area contributed by atoms with E-state index in [0.29, 0.717) is 47.1 Å². The maximum atomic E-state index is 12.7. The van der Waals surface area contributed by atoms with E-state index in [9.17, 15) is 18.3 Å². The van der Waals surface area contributed by atoms with E-state index in [1.165, 1.54) is 0 Å². The average molecular weight is 526 g/mol. The van der Waals surface area contributed by atoms with Crippen molar-refractivity contribution in [3.8, 4) is 5.69 Å². The van der Waals surface area contributed by atoms with Crippen molar-refractivity contribution in [2.75, 3.05) is 24.2 Å². The topological polar surface area (TPSA) is 117 Å². The van der Waals surface area contributed by atoms with Gasteiger partial charge in [0.25, 0.3) is 0 Å². The number of carboxylic acid groups (broad SMARTS) is 1. The maximum Gasteiger partial charge on any atom is 0.306 e. The third-order valence-corrected chi connectivity index (χ3v) is 8.28. The largest absolute Gasteiger partial charge is 0.481 e. The normalized spacial score (nSPS) is 18.8. The molecule has 34 heavy (non-hydrogen) atoms. The Kier molecular flexibility index (Phi) is 7.32. The van der Waals surface area contributed by atoms with Gasteiger partial charge in [0.15, 0.2) is 0 Å². The van der Waals surface area contributed by atoms with Gasteiger partial charge in [0.1, 0.15) is 5.82 Å². The number of anilines is 1. The van der Waals surface area contributed by atoms with Gasteiger partial charge in [0.05, 0.1) is 39.2 Å². The number of carbonyl (C=O) groups is 1. The zero-order chi connectivity index (χ0) is 24.5. The van der Waals surface area contributed by atoms with Crippen LogP contribution in [0.15, 0.2) is 36.9 Å². The Morgan fingerprint density at radius 3 is 2.82 bits per heavy atom. The van der Waals surface area contributed by atoms with E-state index in [2.05, 4.69) is 14.7 Å². The molecule has 0 radical (unpaired) electrons. The van der Waals surface area contributed by atoms with Gasteiger partial charge in [-0.1, -0.05) is 29.6 Å². The molecule has 2 N–H and O–H groups in total. The number of imidazole rings is 1. The first-order valence-corrected chi connectivity index (χ1v) is 13.3. The first-order valence-electron chi connectivity index (χ1n) is 10.9. The number of benzene rings is 1. The second-order valence-corrected chi connectivity index (χ2v) is 11.1. The molecule has 1 aromatic carbocycles. The van der Waals surface area contributed by atoms with Crippen molar-refractivity contribution in [3.63, 3.8) is 0 Å². The van der Waals surface area contributed by atoms with Crippen LogP contribution in [0.4, 0.5) is 5.82 Å². The van der Waals surface area contributed by atoms with Crippen LogP contribution in [0.5, 0.6) is 0 Å². The Morgan fingerprint density at radius 1 is 1.32 bits per heavy atom. The Bertz CT molecular complexity index is 1300. The van der Waals surface area contributed by atoms with Crippen molar-refractivity contribution >= 4 is 55.9 Å². The SMILES string of the molecule is CN(CCS(=O)(=O)NC1CCCC(C(=O)O)C1)c1cc(-n2ccnc2)c2ccc(Cl)c(Cl)c2n1. The molecular weight excluding hydrogens is 501 g/mol. The van der Waals surface area contributed by atoms with E-state index in [4.69, 9.17) is 23.2 Å². The number of aliphatic carboxylic acids is 1. The molecular formula is C22H25Cl2N5O4S. The highest BCUT2D eigenvalue weighted by Gasteiger charge is 2.29. The van der Waals surface area contributed by atoms with Crippen LogP contribution in [-0.4, -0.2) is 59.4 Å². The van der Waals surface area contributed by atoms with Gasteiger partial charge < -0.3 is 14.6 Å². The number of carboxylic acids is 1. The molecule has 2 heterocycles. The van der Waals surface area contributed by atoms with Crippen LogP contribution in [0, 0.1) is 5.92 Å². The fraction of sp³-hybridized carbons (Fsp3) is 0.409. The molecule has 2 aromatic heterocycles. The summed E-state index contributed by atoms with van der Waals surface area (Å²) in [5, 5.41) is 10.7. The molecule has 2 atom stereocenters. The van der Waals surface area contributed by atoms with Gasteiger partial charge in [-0.3, -0.25) is 4.79 Å². The van der Waals surface area contributed by atoms with Crippen molar-refractivity contribution in [1.82, 2.24) is 19.3 Å². The molecule has 0 amide bonds. The number of hydrogen-bond donors (Lipinski definition) is 2. The van der Waals surface area contributed by atoms with Gasteiger partial charge in [0.2, 0.25) is 10.0 Å². The number of fused-ring (bicyclic) bond motifs is 1. The summed E-state index contributed by atoms with van der Waals surface area (Å²) in [7, 11) is -1.87. The minimum absolute atomic E-state index is 0.166. The van der Waals surface area contributed by atoms with Crippen molar-refractivity contribution < 1.29 is 18.3 Å². The summed E-state index contributed by atoms with van der Waals surface area (Å²) in [5.74, 6) is -1.03. The first kappa shape index (κ1) is 24.7. The number of pyridine rings is 1. The first-order chi connectivity index (χ1) is 16.1. The Labute approximate surface area is 207 Å². The monoisotopic (exact) mass is 525 g/mol. The Hall–Kier alpha value is -2.40. The second-order valence-electron chi connectivity index (χ2n) is 8.48. The zero-order valence-corrected chi connectivity index (χ0v) is 20.8. The van der Waals surface area contributed by atoms with Crippen molar-refractivity contribution in [1.29, 1.82) is 0 Å². The van der Waals surface area contributed by atoms with Gasteiger partial charge in [-0.15, -0.1) is 0 Å². The standard InChI is InChI=1S/C22H25Cl2N5O4S/c1-28(9-10-34(32,33)27-15-4-2-3-14(11-15)22(30)31)19-12-18(29-8-7-25-13-29)16-5-6-17(23)20(24)21(16)26-19/h5-8,12-15,27H,2-4,9-11H2,1H3,(H,30,31). The van der Waals surface area contributed by atoms with Crippen molar-refractivity contribution in [3.05, 3.63) is 47.0 Å². The highest BCUT2D eigenvalue weighted by molar-refractivity contribution is 7.89. The summed E-state index contributed by atoms with van der Waals surface area (Å²) >= 11 is 12.7. The van der Waals surface area contributed by atoms with E-state index in [1.54, 1.807) is 36.7 Å². The van der Waals surface area contributed by atoms with Crippen LogP contribution in [0.3, 0.4) is 0 Å². The molecule has 0 bridgehead atoms. The van der Waals surface area contributed by atoms with Gasteiger partial charge in [-0.2, -0.15) is 0 Å². The minimum Gasteiger partial charge on any atom is -0.481 e. The molecule has 4 rings (SSSR count). The van der Waals surface area contributed by atoms with E-state index in [0.717, 1.165) is 11.1 Å². The van der Waals surface area contributed by atoms with E-state index in [1.807, 2.05) is 16.7 Å². The summed E-state index contributed by atoms with van der Waals surface area (Å²) in [6.45, 7) is 0.171. The molecule has 9 nitrogen and oxygen atoms in total. The Balaban J connectivity index is 1.53. The lowest BCUT2D eigenvalue weighted by Gasteiger charge is -2.27. The maximum absolute atomic E-state index is 12.7. The number of nitrogens with zero attached hydrogens (tertiary/aromatic N) is 4. The summed E-state index contributed by atoms with van der Waals surface area (Å²) < 4.78 is 29.9. The summed E-state index contributed by atoms with van der Waals surface area (Å²) in [6, 6.07) is 5.01. The average Bonchev–Trinajstić information content (AvgIpc) is 3.34. The van der Waals surface area contributed by atoms with Gasteiger partial charge in [-0.25, -0.2) is 23.1 Å². The van der Waals surface area contributed by atoms with Crippen LogP contribution in [-0.2, 0) is 14.8 Å². The van der Waals surface area contributed by atoms with E-state index < -0.39 is 21.9 Å². The predicted octanol–water partition coefficient (Wildman–Crippen LogP) is 3.73. The molecule has 182 valence electrons. The van der Waals surface area contributed by atoms with Crippen LogP contribution < -0.4 is 9.62 Å². The molecule has 1 aliphatic carbocycles. The number of hydrogen-bond acceptors (Lipinski definition) is 6. The van der Waals surface area contributed by atoms with Gasteiger partial charge in [-0.05, 0) is 31.4 Å². The van der Waals surface area contributed by atoms with E-state index >= 15 is 0 Å². The quantitative estimate of drug-likeness (QED) is 0.459. The molecule has 3 aromatic rings. The lowest BCUT2D eigenvalue weighted by atomic mass is 9.86. The summed E-state index contributed by atoms with van der Waals surface area (Å²) in [6.07, 6.45) is 7.32. The van der Waals surface area contributed by atoms with Crippen LogP contribution >= 0.6 is 23.2 Å². The van der Waals surface area contributed by atoms with Gasteiger partial charge in [0, 0.05) is 43.5 Å². The molecule has 2 unspecified atom stereocenters. The molecule has 0 spiro atoms. The molecule has 1 saturated carbocycles. The molecule has 12 heteroatoms. The van der Waals surface area contributed by atoms with Gasteiger partial charge >= 0.3 is 5.97 Å². The minimum atomic E-state index is -3.62. The predicted molar refractivity (Wildman–Crippen MR) is 132 cm³/mol. The number of nitrogens with one attached hydrogen (secondary N) is 1. The molecule has 0 aliphatic heterocycles. The second kappa shape index (κ2) is 10.1. The van der Waals surface area contributed by atoms with E-state index in [-0.39, 0.29) is 18.3 Å². The summed E-state index contributed by atoms with van der Waals surface area (Å²) in [5.41, 5.74) is 1.29. The number of rotatable bonds is 8. The molecule has 0 saturated heterocycles. The lowest BCUT2D eigenvalue weighted by molar-refractivity contribution is -0.143. The third kappa shape index (κ3) is 5.46. The zero-order valence-electron chi connectivity index (χ0n) is 18.5. The van der Waals surface area contributed by atoms with Crippen molar-refractivity contribution in [2.24, 2.45) is 5.92 Å². The fourth-order valence-electron chi connectivity index (χ4n) is 4.22. The number of sulfonamides is 1. The third-order valence-electron chi connectivity index (χ3n) is 6.08. The Morgan fingerprint density at radius 2 is 2.12 bits per heavy atom. The summed E-state index contributed by atoms with van der Waals surface area (Å²) in [4.78, 5) is 21.8. The van der Waals surface area contributed by atoms with Crippen LogP contribution in [0.25, 0.3) is 16.6 Å². The highest BCUT2D eigenvalue weighted by Crippen LogP contribution is 2.34. The number of halogens is 2. The van der Waals surface area contributed by atoms with Crippen LogP contribution in [0.1, 0.15) is 25.7 Å². The molecule has 1 aliphatic rings.